The Hall–Kier alpha value is -1.11. The van der Waals surface area contributed by atoms with Crippen LogP contribution in [0.5, 0.6) is 0 Å². The first kappa shape index (κ1) is 17.2. The third-order valence-electron chi connectivity index (χ3n) is 3.44. The molecule has 0 spiro atoms. The molecule has 2 heterocycles. The largest absolute Gasteiger partial charge is 0.366 e. The number of nitrogens with zero attached hydrogens (tertiary/aromatic N) is 3. The summed E-state index contributed by atoms with van der Waals surface area (Å²) in [5, 5.41) is 12.9. The maximum Gasteiger partial charge on any atom is 0.174 e. The number of aromatic amines is 1. The number of rotatable bonds is 7. The molecular weight excluding hydrogens is 302 g/mol. The summed E-state index contributed by atoms with van der Waals surface area (Å²) in [7, 11) is 0. The highest BCUT2D eigenvalue weighted by atomic mass is 35.5. The van der Waals surface area contributed by atoms with Crippen molar-refractivity contribution in [1.82, 2.24) is 25.1 Å². The minimum Gasteiger partial charge on any atom is -0.366 e. The van der Waals surface area contributed by atoms with Gasteiger partial charge in [0.05, 0.1) is 12.4 Å². The number of H-pyrrole nitrogens is 1. The van der Waals surface area contributed by atoms with Gasteiger partial charge in [0, 0.05) is 24.5 Å². The van der Waals surface area contributed by atoms with E-state index in [1.54, 1.807) is 4.63 Å². The highest BCUT2D eigenvalue weighted by molar-refractivity contribution is 6.34. The van der Waals surface area contributed by atoms with Gasteiger partial charge in [-0.1, -0.05) is 46.2 Å². The summed E-state index contributed by atoms with van der Waals surface area (Å²) in [6, 6.07) is 0. The van der Waals surface area contributed by atoms with Crippen LogP contribution in [0.4, 0.5) is 0 Å². The maximum absolute atomic E-state index is 6.43. The number of aromatic nitrogens is 4. The van der Waals surface area contributed by atoms with Gasteiger partial charge in [0.2, 0.25) is 0 Å². The molecule has 0 radical (unpaired) electrons. The molecule has 2 rings (SSSR count). The predicted octanol–water partition coefficient (Wildman–Crippen LogP) is 3.09. The monoisotopic (exact) mass is 327 g/mol. The van der Waals surface area contributed by atoms with Crippen molar-refractivity contribution in [2.75, 3.05) is 19.9 Å². The molecule has 0 fully saturated rings. The summed E-state index contributed by atoms with van der Waals surface area (Å²) in [6.07, 6.45) is 1.03. The van der Waals surface area contributed by atoms with Gasteiger partial charge in [0.25, 0.3) is 0 Å². The van der Waals surface area contributed by atoms with Crippen LogP contribution in [-0.2, 0) is 10.2 Å². The van der Waals surface area contributed by atoms with Crippen molar-refractivity contribution in [3.05, 3.63) is 16.5 Å². The van der Waals surface area contributed by atoms with Gasteiger partial charge in [-0.05, 0) is 6.42 Å². The smallest absolute Gasteiger partial charge is 0.174 e. The Bertz CT molecular complexity index is 613. The Morgan fingerprint density at radius 1 is 1.36 bits per heavy atom. The predicted molar refractivity (Wildman–Crippen MR) is 88.6 cm³/mol. The van der Waals surface area contributed by atoms with Gasteiger partial charge in [-0.3, -0.25) is 5.32 Å². The van der Waals surface area contributed by atoms with E-state index in [0.29, 0.717) is 11.8 Å². The van der Waals surface area contributed by atoms with Crippen LogP contribution in [0.15, 0.2) is 0 Å². The Kier molecular flexibility index (Phi) is 5.47. The molecule has 0 aliphatic rings. The fourth-order valence-electron chi connectivity index (χ4n) is 2.18. The minimum atomic E-state index is -0.102. The topological polar surface area (TPSA) is 67.2 Å². The van der Waals surface area contributed by atoms with Crippen molar-refractivity contribution in [1.29, 1.82) is 0 Å². The van der Waals surface area contributed by atoms with Crippen molar-refractivity contribution >= 4 is 17.2 Å². The standard InChI is InChI=1S/C15H26ClN5O/c1-6-7-22-9-17-8-10(2)13-18-14-11(16)12(15(3,4)5)19-21(14)20-13/h10,17H,6-9H2,1-5H3,(H,18,20). The lowest BCUT2D eigenvalue weighted by molar-refractivity contribution is 0.116. The normalized spacial score (nSPS) is 13.9. The van der Waals surface area contributed by atoms with Crippen LogP contribution in [0.25, 0.3) is 5.65 Å². The molecule has 0 aliphatic heterocycles. The van der Waals surface area contributed by atoms with Crippen molar-refractivity contribution in [3.8, 4) is 0 Å². The van der Waals surface area contributed by atoms with Crippen LogP contribution in [0.1, 0.15) is 58.5 Å². The molecule has 0 bridgehead atoms. The van der Waals surface area contributed by atoms with E-state index in [9.17, 15) is 0 Å². The third-order valence-corrected chi connectivity index (χ3v) is 3.80. The van der Waals surface area contributed by atoms with Crippen LogP contribution >= 0.6 is 11.6 Å². The van der Waals surface area contributed by atoms with Gasteiger partial charge in [-0.25, -0.2) is 0 Å². The molecule has 2 aromatic heterocycles. The lowest BCUT2D eigenvalue weighted by atomic mass is 9.92. The van der Waals surface area contributed by atoms with E-state index in [0.717, 1.165) is 36.7 Å². The van der Waals surface area contributed by atoms with Gasteiger partial charge in [-0.2, -0.15) is 5.10 Å². The van der Waals surface area contributed by atoms with E-state index in [1.165, 1.54) is 0 Å². The Morgan fingerprint density at radius 3 is 2.68 bits per heavy atom. The summed E-state index contributed by atoms with van der Waals surface area (Å²) in [5.74, 6) is 1.09. The third kappa shape index (κ3) is 3.80. The van der Waals surface area contributed by atoms with Crippen molar-refractivity contribution in [2.24, 2.45) is 0 Å². The fourth-order valence-corrected chi connectivity index (χ4v) is 2.62. The highest BCUT2D eigenvalue weighted by Gasteiger charge is 2.25. The van der Waals surface area contributed by atoms with E-state index in [1.807, 2.05) is 0 Å². The lowest BCUT2D eigenvalue weighted by Gasteiger charge is -2.15. The van der Waals surface area contributed by atoms with Crippen molar-refractivity contribution < 1.29 is 4.74 Å². The molecule has 0 saturated carbocycles. The lowest BCUT2D eigenvalue weighted by Crippen LogP contribution is -2.24. The summed E-state index contributed by atoms with van der Waals surface area (Å²) in [4.78, 5) is 3.28. The average Bonchev–Trinajstić information content (AvgIpc) is 2.98. The van der Waals surface area contributed by atoms with Gasteiger partial charge in [0.1, 0.15) is 10.8 Å². The van der Waals surface area contributed by atoms with Gasteiger partial charge < -0.3 is 9.72 Å². The highest BCUT2D eigenvalue weighted by Crippen LogP contribution is 2.31. The second-order valence-corrected chi connectivity index (χ2v) is 7.05. The first-order valence-electron chi connectivity index (χ1n) is 7.78. The van der Waals surface area contributed by atoms with Crippen LogP contribution < -0.4 is 5.32 Å². The molecule has 0 aromatic carbocycles. The Morgan fingerprint density at radius 2 is 2.09 bits per heavy atom. The van der Waals surface area contributed by atoms with Crippen molar-refractivity contribution in [3.63, 3.8) is 0 Å². The van der Waals surface area contributed by atoms with E-state index in [4.69, 9.17) is 16.3 Å². The minimum absolute atomic E-state index is 0.102. The number of hydrogen-bond donors (Lipinski definition) is 2. The summed E-state index contributed by atoms with van der Waals surface area (Å²) in [5.41, 5.74) is 1.52. The first-order valence-corrected chi connectivity index (χ1v) is 8.15. The summed E-state index contributed by atoms with van der Waals surface area (Å²) in [6.45, 7) is 12.6. The number of ether oxygens (including phenoxy) is 1. The summed E-state index contributed by atoms with van der Waals surface area (Å²) < 4.78 is 7.00. The molecule has 0 amide bonds. The van der Waals surface area contributed by atoms with E-state index in [-0.39, 0.29) is 11.3 Å². The molecule has 1 unspecified atom stereocenters. The van der Waals surface area contributed by atoms with Gasteiger partial charge in [0.15, 0.2) is 5.65 Å². The molecule has 0 aliphatic carbocycles. The first-order chi connectivity index (χ1) is 10.3. The molecule has 22 heavy (non-hydrogen) atoms. The zero-order valence-corrected chi connectivity index (χ0v) is 14.8. The van der Waals surface area contributed by atoms with Crippen LogP contribution in [0.3, 0.4) is 0 Å². The van der Waals surface area contributed by atoms with E-state index in [2.05, 4.69) is 55.1 Å². The molecule has 1 atom stereocenters. The quantitative estimate of drug-likeness (QED) is 0.606. The number of fused-ring (bicyclic) bond motifs is 1. The Balaban J connectivity index is 2.04. The number of hydrogen-bond acceptors (Lipinski definition) is 4. The van der Waals surface area contributed by atoms with Gasteiger partial charge >= 0.3 is 0 Å². The fraction of sp³-hybridized carbons (Fsp3) is 0.733. The van der Waals surface area contributed by atoms with Gasteiger partial charge in [-0.15, -0.1) is 9.73 Å². The summed E-state index contributed by atoms with van der Waals surface area (Å²) >= 11 is 6.43. The number of halogens is 1. The zero-order valence-electron chi connectivity index (χ0n) is 14.0. The average molecular weight is 328 g/mol. The molecule has 2 N–H and O–H groups in total. The van der Waals surface area contributed by atoms with E-state index < -0.39 is 0 Å². The van der Waals surface area contributed by atoms with Crippen LogP contribution in [0, 0.1) is 0 Å². The second kappa shape index (κ2) is 6.98. The zero-order chi connectivity index (χ0) is 16.3. The van der Waals surface area contributed by atoms with Crippen LogP contribution in [-0.4, -0.2) is 39.7 Å². The number of nitrogens with one attached hydrogen (secondary N) is 2. The molecule has 124 valence electrons. The molecule has 7 heteroatoms. The second-order valence-electron chi connectivity index (χ2n) is 6.67. The molecule has 0 saturated heterocycles. The molecule has 2 aromatic rings. The van der Waals surface area contributed by atoms with Crippen molar-refractivity contribution in [2.45, 2.75) is 52.4 Å². The SMILES string of the molecule is CCCOCNCC(C)c1nn2nc(C(C)(C)C)c(Cl)c2[nH]1. The molecular formula is C15H26ClN5O. The maximum atomic E-state index is 6.43. The van der Waals surface area contributed by atoms with E-state index >= 15 is 0 Å². The Labute approximate surface area is 136 Å². The molecule has 6 nitrogen and oxygen atoms in total. The van der Waals surface area contributed by atoms with Crippen LogP contribution in [0.2, 0.25) is 5.02 Å².